The number of carbonyl (C=O) groups is 1. The fraction of sp³-hybridized carbons (Fsp3) is 0.308. The van der Waals surface area contributed by atoms with E-state index in [-0.39, 0.29) is 23.8 Å². The van der Waals surface area contributed by atoms with Crippen molar-refractivity contribution in [3.05, 3.63) is 69.5 Å². The number of amides is 1. The average molecular weight is 557 g/mol. The van der Waals surface area contributed by atoms with E-state index in [4.69, 9.17) is 10.1 Å². The first-order valence-corrected chi connectivity index (χ1v) is 13.2. The van der Waals surface area contributed by atoms with Crippen LogP contribution in [-0.4, -0.2) is 27.0 Å². The van der Waals surface area contributed by atoms with Gasteiger partial charge in [-0.2, -0.15) is 15.1 Å². The average Bonchev–Trinajstić information content (AvgIpc) is 3.25. The van der Waals surface area contributed by atoms with Gasteiger partial charge in [-0.1, -0.05) is 66.7 Å². The molecular formula is C26H26BrFN4O2S. The molecule has 0 unspecified atom stereocenters. The minimum absolute atomic E-state index is 0.0199. The van der Waals surface area contributed by atoms with Gasteiger partial charge in [-0.05, 0) is 54.9 Å². The molecule has 0 aliphatic carbocycles. The van der Waals surface area contributed by atoms with Gasteiger partial charge in [-0.3, -0.25) is 10.2 Å². The molecule has 35 heavy (non-hydrogen) atoms. The summed E-state index contributed by atoms with van der Waals surface area (Å²) in [6.07, 6.45) is 8.18. The lowest BCUT2D eigenvalue weighted by Crippen LogP contribution is -2.35. The molecule has 0 radical (unpaired) electrons. The predicted octanol–water partition coefficient (Wildman–Crippen LogP) is 7.15. The van der Waals surface area contributed by atoms with E-state index in [0.717, 1.165) is 28.8 Å². The van der Waals surface area contributed by atoms with Crippen LogP contribution in [0.2, 0.25) is 0 Å². The van der Waals surface area contributed by atoms with Gasteiger partial charge in [0.25, 0.3) is 5.91 Å². The molecule has 182 valence electrons. The minimum Gasteiger partial charge on any atom is -0.488 e. The van der Waals surface area contributed by atoms with E-state index in [9.17, 15) is 9.18 Å². The van der Waals surface area contributed by atoms with E-state index in [2.05, 4.69) is 32.9 Å². The molecule has 0 atom stereocenters. The Labute approximate surface area is 217 Å². The van der Waals surface area contributed by atoms with E-state index in [1.54, 1.807) is 42.5 Å². The SMILES string of the molecule is CCCCCCCC1=NN2C(=N)/C(=C\c3cc(Br)ccc3OCc3ccccc3F)C(=O)N=C2S1. The molecule has 0 saturated carbocycles. The van der Waals surface area contributed by atoms with E-state index in [0.29, 0.717) is 22.0 Å². The highest BCUT2D eigenvalue weighted by molar-refractivity contribution is 9.10. The largest absolute Gasteiger partial charge is 0.488 e. The maximum Gasteiger partial charge on any atom is 0.283 e. The van der Waals surface area contributed by atoms with E-state index in [1.165, 1.54) is 42.1 Å². The van der Waals surface area contributed by atoms with E-state index in [1.807, 2.05) is 0 Å². The van der Waals surface area contributed by atoms with Crippen LogP contribution in [0.3, 0.4) is 0 Å². The molecule has 0 aromatic heterocycles. The summed E-state index contributed by atoms with van der Waals surface area (Å²) in [5.74, 6) is -0.394. The Hall–Kier alpha value is -2.78. The molecule has 6 nitrogen and oxygen atoms in total. The van der Waals surface area contributed by atoms with Crippen molar-refractivity contribution in [3.8, 4) is 5.75 Å². The molecule has 9 heteroatoms. The quantitative estimate of drug-likeness (QED) is 0.249. The second-order valence-corrected chi connectivity index (χ2v) is 10.2. The highest BCUT2D eigenvalue weighted by Crippen LogP contribution is 2.32. The third-order valence-electron chi connectivity index (χ3n) is 5.60. The number of hydrazone groups is 1. The lowest BCUT2D eigenvalue weighted by molar-refractivity contribution is -0.114. The molecule has 0 spiro atoms. The van der Waals surface area contributed by atoms with Crippen LogP contribution in [-0.2, 0) is 11.4 Å². The molecule has 2 aromatic carbocycles. The number of halogens is 2. The van der Waals surface area contributed by atoms with Crippen LogP contribution in [0.25, 0.3) is 6.08 Å². The lowest BCUT2D eigenvalue weighted by atomic mass is 10.1. The van der Waals surface area contributed by atoms with Crippen molar-refractivity contribution in [2.45, 2.75) is 52.1 Å². The molecule has 2 heterocycles. The van der Waals surface area contributed by atoms with Crippen LogP contribution in [0, 0.1) is 11.2 Å². The van der Waals surface area contributed by atoms with Crippen molar-refractivity contribution in [1.29, 1.82) is 5.41 Å². The third kappa shape index (κ3) is 6.27. The highest BCUT2D eigenvalue weighted by atomic mass is 79.9. The van der Waals surface area contributed by atoms with Crippen molar-refractivity contribution < 1.29 is 13.9 Å². The zero-order valence-electron chi connectivity index (χ0n) is 19.4. The number of carbonyl (C=O) groups excluding carboxylic acids is 1. The number of hydrogen-bond donors (Lipinski definition) is 1. The molecule has 2 aromatic rings. The summed E-state index contributed by atoms with van der Waals surface area (Å²) in [7, 11) is 0. The Kier molecular flexibility index (Phi) is 8.51. The zero-order chi connectivity index (χ0) is 24.8. The summed E-state index contributed by atoms with van der Waals surface area (Å²) in [5.41, 5.74) is 1.13. The number of amidine groups is 2. The molecule has 1 N–H and O–H groups in total. The standard InChI is InChI=1S/C26H26BrFN4O2S/c1-2-3-4-5-6-11-23-31-32-24(29)20(25(33)30-26(32)35-23)15-18-14-19(27)12-13-22(18)34-16-17-9-7-8-10-21(17)28/h7-10,12-15,29H,2-6,11,16H2,1H3/b20-15+,29-24?. The number of fused-ring (bicyclic) bond motifs is 1. The summed E-state index contributed by atoms with van der Waals surface area (Å²) < 4.78 is 20.7. The van der Waals surface area contributed by atoms with E-state index >= 15 is 0 Å². The van der Waals surface area contributed by atoms with Gasteiger partial charge in [0, 0.05) is 15.6 Å². The number of rotatable bonds is 10. The highest BCUT2D eigenvalue weighted by Gasteiger charge is 2.35. The Morgan fingerprint density at radius 1 is 1.17 bits per heavy atom. The number of hydrogen-bond acceptors (Lipinski definition) is 5. The maximum atomic E-state index is 14.0. The van der Waals surface area contributed by atoms with Crippen LogP contribution in [0.5, 0.6) is 5.75 Å². The fourth-order valence-electron chi connectivity index (χ4n) is 3.70. The van der Waals surface area contributed by atoms with E-state index < -0.39 is 5.91 Å². The van der Waals surface area contributed by atoms with Gasteiger partial charge in [0.1, 0.15) is 23.2 Å². The van der Waals surface area contributed by atoms with Gasteiger partial charge < -0.3 is 4.74 Å². The first-order valence-electron chi connectivity index (χ1n) is 11.6. The van der Waals surface area contributed by atoms with Gasteiger partial charge in [-0.15, -0.1) is 0 Å². The number of nitrogens with zero attached hydrogens (tertiary/aromatic N) is 3. The van der Waals surface area contributed by atoms with Gasteiger partial charge in [0.15, 0.2) is 5.84 Å². The van der Waals surface area contributed by atoms with Crippen molar-refractivity contribution in [3.63, 3.8) is 0 Å². The van der Waals surface area contributed by atoms with Crippen LogP contribution in [0.15, 0.2) is 62.6 Å². The molecule has 0 fully saturated rings. The third-order valence-corrected chi connectivity index (χ3v) is 7.06. The van der Waals surface area contributed by atoms with Gasteiger partial charge in [0.05, 0.1) is 5.57 Å². The van der Waals surface area contributed by atoms with Crippen molar-refractivity contribution in [1.82, 2.24) is 5.01 Å². The topological polar surface area (TPSA) is 78.1 Å². The summed E-state index contributed by atoms with van der Waals surface area (Å²) in [4.78, 5) is 17.0. The zero-order valence-corrected chi connectivity index (χ0v) is 21.8. The Morgan fingerprint density at radius 3 is 2.77 bits per heavy atom. The number of benzene rings is 2. The minimum atomic E-state index is -0.492. The van der Waals surface area contributed by atoms with Gasteiger partial charge in [-0.25, -0.2) is 4.39 Å². The van der Waals surface area contributed by atoms with Crippen LogP contribution < -0.4 is 4.74 Å². The van der Waals surface area contributed by atoms with Crippen LogP contribution in [0.4, 0.5) is 4.39 Å². The van der Waals surface area contributed by atoms with Gasteiger partial charge >= 0.3 is 0 Å². The number of unbranched alkanes of at least 4 members (excludes halogenated alkanes) is 4. The first kappa shape index (κ1) is 25.3. The summed E-state index contributed by atoms with van der Waals surface area (Å²) in [5, 5.41) is 15.9. The smallest absolute Gasteiger partial charge is 0.283 e. The number of nitrogens with one attached hydrogen (secondary N) is 1. The molecule has 0 saturated heterocycles. The molecule has 2 aliphatic rings. The normalized spacial score (nSPS) is 16.4. The Bertz CT molecular complexity index is 1230. The van der Waals surface area contributed by atoms with Gasteiger partial charge in [0.2, 0.25) is 5.17 Å². The first-order chi connectivity index (χ1) is 17.0. The second kappa shape index (κ2) is 11.8. The monoisotopic (exact) mass is 556 g/mol. The second-order valence-electron chi connectivity index (χ2n) is 8.24. The molecule has 4 rings (SSSR count). The Morgan fingerprint density at radius 2 is 1.97 bits per heavy atom. The summed E-state index contributed by atoms with van der Waals surface area (Å²) in [6.45, 7) is 2.22. The number of thioether (sulfide) groups is 1. The molecular weight excluding hydrogens is 531 g/mol. The molecule has 0 bridgehead atoms. The molecule has 1 amide bonds. The maximum absolute atomic E-state index is 14.0. The predicted molar refractivity (Wildman–Crippen MR) is 143 cm³/mol. The van der Waals surface area contributed by atoms with Crippen molar-refractivity contribution >= 4 is 55.7 Å². The Balaban J connectivity index is 1.52. The number of aliphatic imine (C=N–C) groups is 1. The summed E-state index contributed by atoms with van der Waals surface area (Å²) >= 11 is 4.80. The summed E-state index contributed by atoms with van der Waals surface area (Å²) in [6, 6.07) is 11.7. The van der Waals surface area contributed by atoms with Crippen LogP contribution >= 0.6 is 27.7 Å². The number of ether oxygens (including phenoxy) is 1. The van der Waals surface area contributed by atoms with Crippen LogP contribution in [0.1, 0.15) is 56.6 Å². The fourth-order valence-corrected chi connectivity index (χ4v) is 5.01. The molecule has 2 aliphatic heterocycles. The van der Waals surface area contributed by atoms with Crippen molar-refractivity contribution in [2.24, 2.45) is 10.1 Å². The lowest BCUT2D eigenvalue weighted by Gasteiger charge is -2.20. The van der Waals surface area contributed by atoms with Crippen molar-refractivity contribution in [2.75, 3.05) is 0 Å².